The molecule has 1 aromatic carbocycles. The molecule has 0 saturated heterocycles. The van der Waals surface area contributed by atoms with Crippen LogP contribution in [-0.4, -0.2) is 35.9 Å². The number of nitrogens with zero attached hydrogens (tertiary/aromatic N) is 2. The van der Waals surface area contributed by atoms with Gasteiger partial charge in [-0.15, -0.1) is 11.3 Å². The molecule has 0 fully saturated rings. The molecule has 0 radical (unpaired) electrons. The summed E-state index contributed by atoms with van der Waals surface area (Å²) in [4.78, 5) is 12.7. The maximum atomic E-state index is 13.0. The monoisotopic (exact) mass is 391 g/mol. The SMILES string of the molecule is Cc1cc(NC(=O)C2=C(O)c3sc4ccccc4c3S(=O)(=O)N2C)no1. The van der Waals surface area contributed by atoms with Crippen LogP contribution < -0.4 is 5.32 Å². The number of hydrogen-bond acceptors (Lipinski definition) is 7. The minimum atomic E-state index is -4.00. The number of amides is 1. The summed E-state index contributed by atoms with van der Waals surface area (Å²) >= 11 is 1.12. The van der Waals surface area contributed by atoms with Crippen LogP contribution in [0.15, 0.2) is 45.4 Å². The van der Waals surface area contributed by atoms with Crippen LogP contribution in [0.1, 0.15) is 10.6 Å². The number of benzene rings is 1. The van der Waals surface area contributed by atoms with Crippen molar-refractivity contribution < 1.29 is 22.8 Å². The van der Waals surface area contributed by atoms with Crippen molar-refractivity contribution in [3.05, 3.63) is 46.7 Å². The van der Waals surface area contributed by atoms with Gasteiger partial charge in [-0.2, -0.15) is 0 Å². The van der Waals surface area contributed by atoms with E-state index in [0.717, 1.165) is 15.6 Å². The van der Waals surface area contributed by atoms with Gasteiger partial charge in [0.25, 0.3) is 15.9 Å². The number of fused-ring (bicyclic) bond motifs is 3. The lowest BCUT2D eigenvalue weighted by molar-refractivity contribution is -0.113. The van der Waals surface area contributed by atoms with Gasteiger partial charge in [0.1, 0.15) is 10.7 Å². The minimum absolute atomic E-state index is 0.00642. The second kappa shape index (κ2) is 5.58. The molecule has 0 spiro atoms. The fourth-order valence-electron chi connectivity index (χ4n) is 2.80. The third-order valence-electron chi connectivity index (χ3n) is 4.01. The number of carbonyl (C=O) groups is 1. The van der Waals surface area contributed by atoms with Crippen LogP contribution in [0.25, 0.3) is 15.8 Å². The molecule has 2 aromatic heterocycles. The van der Waals surface area contributed by atoms with Gasteiger partial charge in [0, 0.05) is 23.2 Å². The zero-order valence-electron chi connectivity index (χ0n) is 13.7. The van der Waals surface area contributed by atoms with Gasteiger partial charge < -0.3 is 14.9 Å². The van der Waals surface area contributed by atoms with Crippen LogP contribution in [0.3, 0.4) is 0 Å². The molecule has 8 nitrogen and oxygen atoms in total. The lowest BCUT2D eigenvalue weighted by Crippen LogP contribution is -2.36. The first-order valence-electron chi connectivity index (χ1n) is 7.49. The molecule has 10 heteroatoms. The van der Waals surface area contributed by atoms with Gasteiger partial charge in [-0.1, -0.05) is 23.4 Å². The maximum absolute atomic E-state index is 13.0. The van der Waals surface area contributed by atoms with Gasteiger partial charge in [-0.3, -0.25) is 9.10 Å². The first kappa shape index (κ1) is 16.6. The van der Waals surface area contributed by atoms with E-state index in [-0.39, 0.29) is 21.3 Å². The molecule has 3 aromatic rings. The fourth-order valence-corrected chi connectivity index (χ4v) is 5.82. The average molecular weight is 391 g/mol. The van der Waals surface area contributed by atoms with Crippen molar-refractivity contribution in [3.63, 3.8) is 0 Å². The Bertz CT molecular complexity index is 1190. The van der Waals surface area contributed by atoms with E-state index in [4.69, 9.17) is 4.52 Å². The van der Waals surface area contributed by atoms with Crippen LogP contribution in [0.2, 0.25) is 0 Å². The van der Waals surface area contributed by atoms with E-state index >= 15 is 0 Å². The molecule has 1 aliphatic heterocycles. The van der Waals surface area contributed by atoms with Gasteiger partial charge in [-0.05, 0) is 13.0 Å². The normalized spacial score (nSPS) is 16.0. The Morgan fingerprint density at radius 2 is 2.08 bits per heavy atom. The molecule has 26 heavy (non-hydrogen) atoms. The quantitative estimate of drug-likeness (QED) is 0.694. The highest BCUT2D eigenvalue weighted by Gasteiger charge is 2.40. The number of likely N-dealkylation sites (N-methyl/N-ethyl adjacent to an activating group) is 1. The van der Waals surface area contributed by atoms with E-state index < -0.39 is 21.7 Å². The van der Waals surface area contributed by atoms with Crippen LogP contribution in [0, 0.1) is 6.92 Å². The van der Waals surface area contributed by atoms with Gasteiger partial charge >= 0.3 is 0 Å². The maximum Gasteiger partial charge on any atom is 0.278 e. The van der Waals surface area contributed by atoms with Gasteiger partial charge in [0.05, 0.1) is 4.88 Å². The van der Waals surface area contributed by atoms with Crippen molar-refractivity contribution in [2.45, 2.75) is 11.8 Å². The summed E-state index contributed by atoms with van der Waals surface area (Å²) in [6.45, 7) is 1.65. The number of aromatic nitrogens is 1. The molecule has 0 saturated carbocycles. The Balaban J connectivity index is 1.89. The van der Waals surface area contributed by atoms with E-state index in [2.05, 4.69) is 10.5 Å². The first-order chi connectivity index (χ1) is 12.3. The number of thiophene rings is 1. The molecule has 1 aliphatic rings. The van der Waals surface area contributed by atoms with Crippen molar-refractivity contribution in [2.24, 2.45) is 0 Å². The number of nitrogens with one attached hydrogen (secondary N) is 1. The predicted octanol–water partition coefficient (Wildman–Crippen LogP) is 2.70. The van der Waals surface area contributed by atoms with Gasteiger partial charge in [-0.25, -0.2) is 8.42 Å². The Hall–Kier alpha value is -2.85. The summed E-state index contributed by atoms with van der Waals surface area (Å²) in [6.07, 6.45) is 0. The van der Waals surface area contributed by atoms with E-state index in [1.165, 1.54) is 13.1 Å². The van der Waals surface area contributed by atoms with Crippen LogP contribution in [-0.2, 0) is 14.8 Å². The van der Waals surface area contributed by atoms with Crippen LogP contribution >= 0.6 is 11.3 Å². The number of sulfonamides is 1. The van der Waals surface area contributed by atoms with E-state index in [1.807, 2.05) is 0 Å². The molecule has 3 heterocycles. The lowest BCUT2D eigenvalue weighted by Gasteiger charge is -2.26. The number of aliphatic hydroxyl groups excluding tert-OH is 1. The second-order valence-corrected chi connectivity index (χ2v) is 8.66. The Labute approximate surface area is 152 Å². The molecular formula is C16H13N3O5S2. The molecule has 4 rings (SSSR count). The van der Waals surface area contributed by atoms with Crippen molar-refractivity contribution >= 4 is 48.9 Å². The van der Waals surface area contributed by atoms with E-state index in [0.29, 0.717) is 15.8 Å². The summed E-state index contributed by atoms with van der Waals surface area (Å²) in [6, 6.07) is 8.42. The summed E-state index contributed by atoms with van der Waals surface area (Å²) in [5, 5.41) is 17.2. The number of carbonyl (C=O) groups excluding carboxylic acids is 1. The molecule has 1 amide bonds. The summed E-state index contributed by atoms with van der Waals surface area (Å²) in [7, 11) is -2.77. The van der Waals surface area contributed by atoms with Crippen LogP contribution in [0.4, 0.5) is 5.82 Å². The topological polar surface area (TPSA) is 113 Å². The number of rotatable bonds is 2. The number of aliphatic hydroxyl groups is 1. The first-order valence-corrected chi connectivity index (χ1v) is 9.75. The number of hydrogen-bond donors (Lipinski definition) is 2. The Morgan fingerprint density at radius 3 is 2.77 bits per heavy atom. The lowest BCUT2D eigenvalue weighted by atomic mass is 10.2. The van der Waals surface area contributed by atoms with E-state index in [9.17, 15) is 18.3 Å². The summed E-state index contributed by atoms with van der Waals surface area (Å²) in [5.74, 6) is -0.586. The molecule has 0 atom stereocenters. The fraction of sp³-hybridized carbons (Fsp3) is 0.125. The molecule has 134 valence electrons. The Morgan fingerprint density at radius 1 is 1.35 bits per heavy atom. The van der Waals surface area contributed by atoms with E-state index in [1.54, 1.807) is 31.2 Å². The highest BCUT2D eigenvalue weighted by Crippen LogP contribution is 2.44. The predicted molar refractivity (Wildman–Crippen MR) is 96.2 cm³/mol. The smallest absolute Gasteiger partial charge is 0.278 e. The molecule has 0 aliphatic carbocycles. The summed E-state index contributed by atoms with van der Waals surface area (Å²) in [5.41, 5.74) is -0.371. The van der Waals surface area contributed by atoms with Gasteiger partial charge in [0.2, 0.25) is 0 Å². The molecule has 2 N–H and O–H groups in total. The standard InChI is InChI=1S/C16H13N3O5S2/c1-8-7-11(18-24-8)17-16(21)12-13(20)14-15(26(22,23)19(12)2)9-5-3-4-6-10(9)25-14/h3-7,20H,1-2H3,(H,17,18,21). The Kier molecular flexibility index (Phi) is 3.56. The number of anilines is 1. The average Bonchev–Trinajstić information content (AvgIpc) is 3.17. The third kappa shape index (κ3) is 2.30. The van der Waals surface area contributed by atoms with Gasteiger partial charge in [0.15, 0.2) is 17.3 Å². The zero-order chi connectivity index (χ0) is 18.6. The summed E-state index contributed by atoms with van der Waals surface area (Å²) < 4.78 is 32.3. The highest BCUT2D eigenvalue weighted by atomic mass is 32.2. The molecule has 0 bridgehead atoms. The van der Waals surface area contributed by atoms with Crippen molar-refractivity contribution in [1.29, 1.82) is 0 Å². The zero-order valence-corrected chi connectivity index (χ0v) is 15.3. The second-order valence-electron chi connectivity index (χ2n) is 5.70. The van der Waals surface area contributed by atoms with Crippen molar-refractivity contribution in [1.82, 2.24) is 9.46 Å². The highest BCUT2D eigenvalue weighted by molar-refractivity contribution is 7.89. The molecule has 0 unspecified atom stereocenters. The third-order valence-corrected chi connectivity index (χ3v) is 7.16. The molecular weight excluding hydrogens is 378 g/mol. The van der Waals surface area contributed by atoms with Crippen molar-refractivity contribution in [3.8, 4) is 0 Å². The largest absolute Gasteiger partial charge is 0.504 e. The number of aryl methyl sites for hydroxylation is 1. The van der Waals surface area contributed by atoms with Crippen molar-refractivity contribution in [2.75, 3.05) is 12.4 Å². The van der Waals surface area contributed by atoms with Crippen LogP contribution in [0.5, 0.6) is 0 Å². The minimum Gasteiger partial charge on any atom is -0.504 e.